The summed E-state index contributed by atoms with van der Waals surface area (Å²) >= 11 is 0. The Morgan fingerprint density at radius 3 is 2.42 bits per heavy atom. The molecular weight excluding hydrogens is 414 g/mol. The molecule has 0 aromatic carbocycles. The number of piperidine rings is 1. The average Bonchev–Trinajstić information content (AvgIpc) is 3.59. The highest BCUT2D eigenvalue weighted by Gasteiger charge is 2.43. The van der Waals surface area contributed by atoms with Crippen molar-refractivity contribution in [3.63, 3.8) is 0 Å². The molecule has 5 rings (SSSR count). The minimum atomic E-state index is 0.198. The van der Waals surface area contributed by atoms with Crippen LogP contribution in [0.3, 0.4) is 0 Å². The van der Waals surface area contributed by atoms with E-state index in [1.54, 1.807) is 6.20 Å². The van der Waals surface area contributed by atoms with Crippen LogP contribution >= 0.6 is 0 Å². The summed E-state index contributed by atoms with van der Waals surface area (Å²) < 4.78 is 5.89. The van der Waals surface area contributed by atoms with E-state index in [1.165, 1.54) is 24.8 Å². The predicted molar refractivity (Wildman–Crippen MR) is 127 cm³/mol. The number of ether oxygens (including phenoxy) is 1. The first kappa shape index (κ1) is 22.1. The molecule has 2 aromatic heterocycles. The van der Waals surface area contributed by atoms with E-state index >= 15 is 0 Å². The second-order valence-corrected chi connectivity index (χ2v) is 9.78. The molecule has 176 valence electrons. The monoisotopic (exact) mass is 449 g/mol. The van der Waals surface area contributed by atoms with Crippen molar-refractivity contribution in [3.05, 3.63) is 41.9 Å². The van der Waals surface area contributed by atoms with Crippen LogP contribution in [0.5, 0.6) is 5.88 Å². The molecule has 3 aliphatic rings. The van der Waals surface area contributed by atoms with Crippen molar-refractivity contribution in [2.24, 2.45) is 17.8 Å². The number of pyridine rings is 1. The zero-order chi connectivity index (χ0) is 22.6. The second-order valence-electron chi connectivity index (χ2n) is 9.78. The summed E-state index contributed by atoms with van der Waals surface area (Å²) in [6.45, 7) is 6.77. The molecule has 2 atom stereocenters. The Labute approximate surface area is 196 Å². The van der Waals surface area contributed by atoms with Crippen LogP contribution in [0.1, 0.15) is 50.2 Å². The van der Waals surface area contributed by atoms with Crippen molar-refractivity contribution in [1.29, 1.82) is 0 Å². The molecule has 1 amide bonds. The standard InChI is InChI=1S/C26H35N5O2/c1-2-19-16-28-26(29-17-19)31-11-6-21(7-12-31)23-15-22(23)8-13-33-24-5-4-20(18-27-24)14-25(32)30-9-3-10-30/h4-5,16-18,21-23H,2-3,6-15H2,1H3. The first-order valence-corrected chi connectivity index (χ1v) is 12.6. The second kappa shape index (κ2) is 10.1. The Kier molecular flexibility index (Phi) is 6.74. The lowest BCUT2D eigenvalue weighted by atomic mass is 9.90. The van der Waals surface area contributed by atoms with Gasteiger partial charge in [0.25, 0.3) is 0 Å². The summed E-state index contributed by atoms with van der Waals surface area (Å²) in [4.78, 5) is 29.8. The van der Waals surface area contributed by atoms with Gasteiger partial charge in [-0.25, -0.2) is 15.0 Å². The lowest BCUT2D eigenvalue weighted by molar-refractivity contribution is -0.133. The molecule has 7 heteroatoms. The maximum Gasteiger partial charge on any atom is 0.227 e. The highest BCUT2D eigenvalue weighted by molar-refractivity contribution is 5.79. The molecule has 2 saturated heterocycles. The maximum atomic E-state index is 12.1. The predicted octanol–water partition coefficient (Wildman–Crippen LogP) is 3.53. The largest absolute Gasteiger partial charge is 0.478 e. The first-order valence-electron chi connectivity index (χ1n) is 12.6. The van der Waals surface area contributed by atoms with Gasteiger partial charge in [0.2, 0.25) is 17.7 Å². The van der Waals surface area contributed by atoms with Gasteiger partial charge in [0.15, 0.2) is 0 Å². The molecule has 1 aliphatic carbocycles. The highest BCUT2D eigenvalue weighted by atomic mass is 16.5. The fraction of sp³-hybridized carbons (Fsp3) is 0.615. The van der Waals surface area contributed by atoms with Crippen molar-refractivity contribution >= 4 is 11.9 Å². The Balaban J connectivity index is 0.994. The normalized spacial score (nSPS) is 22.7. The third-order valence-corrected chi connectivity index (χ3v) is 7.61. The van der Waals surface area contributed by atoms with E-state index in [0.717, 1.165) is 81.3 Å². The summed E-state index contributed by atoms with van der Waals surface area (Å²) in [5, 5.41) is 0. The van der Waals surface area contributed by atoms with Crippen molar-refractivity contribution in [1.82, 2.24) is 19.9 Å². The van der Waals surface area contributed by atoms with Crippen LogP contribution in [0.2, 0.25) is 0 Å². The molecule has 2 aliphatic heterocycles. The van der Waals surface area contributed by atoms with Gasteiger partial charge in [-0.1, -0.05) is 13.0 Å². The molecule has 1 saturated carbocycles. The number of hydrogen-bond acceptors (Lipinski definition) is 6. The van der Waals surface area contributed by atoms with Gasteiger partial charge < -0.3 is 14.5 Å². The van der Waals surface area contributed by atoms with Crippen LogP contribution in [0, 0.1) is 17.8 Å². The van der Waals surface area contributed by atoms with Crippen molar-refractivity contribution in [2.75, 3.05) is 37.7 Å². The SMILES string of the molecule is CCc1cnc(N2CCC(C3CC3CCOc3ccc(CC(=O)N4CCC4)cn3)CC2)nc1. The van der Waals surface area contributed by atoms with Gasteiger partial charge in [-0.2, -0.15) is 0 Å². The first-order chi connectivity index (χ1) is 16.2. The smallest absolute Gasteiger partial charge is 0.227 e. The molecule has 7 nitrogen and oxygen atoms in total. The van der Waals surface area contributed by atoms with E-state index in [-0.39, 0.29) is 5.91 Å². The van der Waals surface area contributed by atoms with Gasteiger partial charge in [-0.3, -0.25) is 4.79 Å². The molecule has 0 N–H and O–H groups in total. The number of aryl methyl sites for hydroxylation is 1. The lowest BCUT2D eigenvalue weighted by Crippen LogP contribution is -2.42. The third kappa shape index (κ3) is 5.45. The van der Waals surface area contributed by atoms with E-state index < -0.39 is 0 Å². The molecule has 4 heterocycles. The molecule has 0 radical (unpaired) electrons. The van der Waals surface area contributed by atoms with Crippen LogP contribution < -0.4 is 9.64 Å². The highest BCUT2D eigenvalue weighted by Crippen LogP contribution is 2.49. The zero-order valence-corrected chi connectivity index (χ0v) is 19.7. The average molecular weight is 450 g/mol. The fourth-order valence-corrected chi connectivity index (χ4v) is 5.17. The zero-order valence-electron chi connectivity index (χ0n) is 19.7. The summed E-state index contributed by atoms with van der Waals surface area (Å²) in [5.41, 5.74) is 2.15. The van der Waals surface area contributed by atoms with Gasteiger partial charge in [0.1, 0.15) is 0 Å². The number of carbonyl (C=O) groups is 1. The number of amides is 1. The van der Waals surface area contributed by atoms with Gasteiger partial charge >= 0.3 is 0 Å². The van der Waals surface area contributed by atoms with Crippen molar-refractivity contribution < 1.29 is 9.53 Å². The number of hydrogen-bond donors (Lipinski definition) is 0. The molecule has 2 aromatic rings. The molecule has 33 heavy (non-hydrogen) atoms. The number of rotatable bonds is 9. The fourth-order valence-electron chi connectivity index (χ4n) is 5.17. The number of aromatic nitrogens is 3. The number of anilines is 1. The maximum absolute atomic E-state index is 12.1. The topological polar surface area (TPSA) is 71.5 Å². The van der Waals surface area contributed by atoms with Gasteiger partial charge in [-0.05, 0) is 67.4 Å². The van der Waals surface area contributed by atoms with E-state index in [4.69, 9.17) is 4.74 Å². The minimum absolute atomic E-state index is 0.198. The van der Waals surface area contributed by atoms with E-state index in [0.29, 0.717) is 12.3 Å². The lowest BCUT2D eigenvalue weighted by Gasteiger charge is -2.32. The summed E-state index contributed by atoms with van der Waals surface area (Å²) in [6.07, 6.45) is 13.1. The molecule has 0 spiro atoms. The molecular formula is C26H35N5O2. The van der Waals surface area contributed by atoms with Crippen LogP contribution in [0.25, 0.3) is 0 Å². The Morgan fingerprint density at radius 1 is 1.03 bits per heavy atom. The third-order valence-electron chi connectivity index (χ3n) is 7.61. The van der Waals surface area contributed by atoms with Crippen LogP contribution in [-0.2, 0) is 17.6 Å². The van der Waals surface area contributed by atoms with E-state index in [1.807, 2.05) is 29.4 Å². The van der Waals surface area contributed by atoms with Gasteiger partial charge in [-0.15, -0.1) is 0 Å². The van der Waals surface area contributed by atoms with Crippen molar-refractivity contribution in [2.45, 2.75) is 51.9 Å². The van der Waals surface area contributed by atoms with Crippen LogP contribution in [0.15, 0.2) is 30.7 Å². The molecule has 3 fully saturated rings. The summed E-state index contributed by atoms with van der Waals surface area (Å²) in [5.74, 6) is 4.20. The number of likely N-dealkylation sites (tertiary alicyclic amines) is 1. The Hall–Kier alpha value is -2.70. The van der Waals surface area contributed by atoms with E-state index in [9.17, 15) is 4.79 Å². The summed E-state index contributed by atoms with van der Waals surface area (Å²) in [6, 6.07) is 3.86. The van der Waals surface area contributed by atoms with Crippen LogP contribution in [0.4, 0.5) is 5.95 Å². The van der Waals surface area contributed by atoms with Crippen molar-refractivity contribution in [3.8, 4) is 5.88 Å². The number of nitrogens with zero attached hydrogens (tertiary/aromatic N) is 5. The Morgan fingerprint density at radius 2 is 1.79 bits per heavy atom. The molecule has 2 unspecified atom stereocenters. The molecule has 0 bridgehead atoms. The Bertz CT molecular complexity index is 921. The van der Waals surface area contributed by atoms with Crippen LogP contribution in [-0.4, -0.2) is 58.5 Å². The summed E-state index contributed by atoms with van der Waals surface area (Å²) in [7, 11) is 0. The van der Waals surface area contributed by atoms with Gasteiger partial charge in [0, 0.05) is 50.8 Å². The number of carbonyl (C=O) groups excluding carboxylic acids is 1. The minimum Gasteiger partial charge on any atom is -0.478 e. The van der Waals surface area contributed by atoms with E-state index in [2.05, 4.69) is 26.8 Å². The van der Waals surface area contributed by atoms with Gasteiger partial charge in [0.05, 0.1) is 13.0 Å². The quantitative estimate of drug-likeness (QED) is 0.583.